The number of hydrogen-bond donors (Lipinski definition) is 4. The van der Waals surface area contributed by atoms with E-state index in [1.54, 1.807) is 11.8 Å². The number of ether oxygens (including phenoxy) is 7. The highest BCUT2D eigenvalue weighted by atomic mass is 32.2. The molecule has 0 heterocycles. The van der Waals surface area contributed by atoms with Crippen molar-refractivity contribution in [3.8, 4) is 0 Å². The van der Waals surface area contributed by atoms with Crippen molar-refractivity contribution >= 4 is 54.0 Å². The van der Waals surface area contributed by atoms with Gasteiger partial charge in [-0.3, -0.25) is 4.79 Å². The van der Waals surface area contributed by atoms with E-state index in [9.17, 15) is 33.6 Å². The summed E-state index contributed by atoms with van der Waals surface area (Å²) in [5.41, 5.74) is -0.491. The number of carbonyl (C=O) groups excluding carboxylic acids is 7. The Morgan fingerprint density at radius 2 is 1.06 bits per heavy atom. The molecule has 18 nitrogen and oxygen atoms in total. The summed E-state index contributed by atoms with van der Waals surface area (Å²) in [5.74, 6) is -0.411. The molecule has 63 heavy (non-hydrogen) atoms. The maximum Gasteiger partial charge on any atom is 0.407 e. The molecule has 0 aliphatic heterocycles. The lowest BCUT2D eigenvalue weighted by atomic mass is 9.62. The number of carbonyl (C=O) groups is 7. The zero-order chi connectivity index (χ0) is 47.9. The molecule has 2 saturated carbocycles. The van der Waals surface area contributed by atoms with Crippen molar-refractivity contribution in [3.63, 3.8) is 0 Å². The van der Waals surface area contributed by atoms with Crippen molar-refractivity contribution < 1.29 is 66.7 Å². The molecule has 2 aliphatic rings. The topological polar surface area (TPSA) is 232 Å². The summed E-state index contributed by atoms with van der Waals surface area (Å²) in [6, 6.07) is -0.210. The number of hydrogen-bond acceptors (Lipinski definition) is 15. The van der Waals surface area contributed by atoms with Crippen molar-refractivity contribution in [2.24, 2.45) is 27.6 Å². The predicted octanol–water partition coefficient (Wildman–Crippen LogP) is 6.46. The molecular weight excluding hydrogens is 841 g/mol. The first-order chi connectivity index (χ1) is 29.4. The average Bonchev–Trinajstić information content (AvgIpc) is 3.20. The van der Waals surface area contributed by atoms with Crippen molar-refractivity contribution in [3.05, 3.63) is 25.3 Å². The SMILES string of the molecule is C=CC(=O)OCCOC(=O)NC1CC(C)(C)CC(C)(CNC(=O)OC(CC)CSCC(C)C(=O)OC)C1.C=CC(=O)OCCOC(=O)NC1CC(C)(C)CC(C)(CNC(=O)OC)C1. The van der Waals surface area contributed by atoms with Crippen LogP contribution in [0.4, 0.5) is 19.2 Å². The van der Waals surface area contributed by atoms with Crippen LogP contribution in [0.3, 0.4) is 0 Å². The van der Waals surface area contributed by atoms with Crippen LogP contribution in [0.1, 0.15) is 100 Å². The van der Waals surface area contributed by atoms with Crippen LogP contribution < -0.4 is 21.3 Å². The Balaban J connectivity index is 0.000000670. The van der Waals surface area contributed by atoms with E-state index in [-0.39, 0.29) is 78.2 Å². The molecule has 2 fully saturated rings. The first kappa shape index (κ1) is 56.3. The quantitative estimate of drug-likeness (QED) is 0.0419. The Morgan fingerprint density at radius 3 is 1.46 bits per heavy atom. The molecule has 360 valence electrons. The number of nitrogens with one attached hydrogen (secondary N) is 4. The second-order valence-electron chi connectivity index (χ2n) is 18.4. The lowest BCUT2D eigenvalue weighted by Crippen LogP contribution is -2.50. The lowest BCUT2D eigenvalue weighted by molar-refractivity contribution is -0.144. The van der Waals surface area contributed by atoms with Gasteiger partial charge in [-0.05, 0) is 66.6 Å². The number of rotatable bonds is 21. The summed E-state index contributed by atoms with van der Waals surface area (Å²) in [5, 5.41) is 11.4. The van der Waals surface area contributed by atoms with Crippen LogP contribution in [0, 0.1) is 27.6 Å². The lowest BCUT2D eigenvalue weighted by Gasteiger charge is -2.46. The fraction of sp³-hybridized carbons (Fsp3) is 0.750. The van der Waals surface area contributed by atoms with Crippen molar-refractivity contribution in [2.45, 2.75) is 119 Å². The molecule has 0 saturated heterocycles. The van der Waals surface area contributed by atoms with Crippen LogP contribution in [0.5, 0.6) is 0 Å². The van der Waals surface area contributed by atoms with E-state index in [1.165, 1.54) is 14.2 Å². The van der Waals surface area contributed by atoms with Crippen molar-refractivity contribution in [1.29, 1.82) is 0 Å². The van der Waals surface area contributed by atoms with E-state index < -0.39 is 36.3 Å². The molecule has 19 heteroatoms. The second kappa shape index (κ2) is 27.5. The van der Waals surface area contributed by atoms with Crippen LogP contribution in [0.25, 0.3) is 0 Å². The van der Waals surface area contributed by atoms with Gasteiger partial charge in [0.15, 0.2) is 0 Å². The highest BCUT2D eigenvalue weighted by Gasteiger charge is 2.43. The highest BCUT2D eigenvalue weighted by molar-refractivity contribution is 7.99. The van der Waals surface area contributed by atoms with Gasteiger partial charge in [-0.15, -0.1) is 0 Å². The second-order valence-corrected chi connectivity index (χ2v) is 19.5. The Labute approximate surface area is 377 Å². The van der Waals surface area contributed by atoms with E-state index in [4.69, 9.17) is 28.4 Å². The standard InChI is InChI=1S/C26H44N2O8S.C18H30N2O6/c1-8-20(15-37-14-18(3)22(30)33-7)36-23(31)27-17-26(6)13-19(12-25(4,5)16-26)28-24(32)35-11-10-34-21(29)9-2;1-6-14(21)25-7-8-26-16(23)20-13-9-17(2,3)11-18(4,10-13)12-19-15(22)24-5/h9,18-20H,2,8,10-17H2,1,3-7H3,(H,27,31)(H,28,32);6,13H,1,7-12H2,2-5H3,(H,19,22)(H,20,23). The summed E-state index contributed by atoms with van der Waals surface area (Å²) in [6.07, 6.45) is 5.16. The van der Waals surface area contributed by atoms with E-state index in [0.29, 0.717) is 43.9 Å². The van der Waals surface area contributed by atoms with Gasteiger partial charge in [-0.1, -0.05) is 68.5 Å². The Bertz CT molecular complexity index is 1540. The number of methoxy groups -OCH3 is 2. The first-order valence-corrected chi connectivity index (χ1v) is 22.4. The fourth-order valence-electron chi connectivity index (χ4n) is 8.55. The normalized spacial score (nSPS) is 22.9. The summed E-state index contributed by atoms with van der Waals surface area (Å²) < 4.78 is 34.7. The van der Waals surface area contributed by atoms with Gasteiger partial charge in [0.2, 0.25) is 0 Å². The minimum Gasteiger partial charge on any atom is -0.469 e. The number of amides is 4. The van der Waals surface area contributed by atoms with E-state index >= 15 is 0 Å². The summed E-state index contributed by atoms with van der Waals surface area (Å²) >= 11 is 1.55. The molecule has 2 rings (SSSR count). The molecule has 0 aromatic carbocycles. The van der Waals surface area contributed by atoms with Gasteiger partial charge >= 0.3 is 42.3 Å². The highest BCUT2D eigenvalue weighted by Crippen LogP contribution is 2.47. The molecule has 0 spiro atoms. The minimum atomic E-state index is -0.572. The number of alkyl carbamates (subject to hydrolysis) is 4. The monoisotopic (exact) mass is 914 g/mol. The maximum absolute atomic E-state index is 12.5. The molecule has 0 bridgehead atoms. The zero-order valence-corrected chi connectivity index (χ0v) is 39.9. The molecule has 4 N–H and O–H groups in total. The summed E-state index contributed by atoms with van der Waals surface area (Å²) in [7, 11) is 2.70. The Morgan fingerprint density at radius 1 is 0.635 bits per heavy atom. The fourth-order valence-corrected chi connectivity index (χ4v) is 9.74. The summed E-state index contributed by atoms with van der Waals surface area (Å²) in [6.45, 7) is 23.8. The third kappa shape index (κ3) is 24.1. The van der Waals surface area contributed by atoms with Crippen LogP contribution >= 0.6 is 11.8 Å². The van der Waals surface area contributed by atoms with Gasteiger partial charge in [0.05, 0.1) is 20.1 Å². The van der Waals surface area contributed by atoms with E-state index in [0.717, 1.165) is 37.8 Å². The Kier molecular flexibility index (Phi) is 24.6. The molecule has 0 aromatic heterocycles. The molecular formula is C44H74N4O14S. The molecule has 0 radical (unpaired) electrons. The molecule has 0 aromatic rings. The van der Waals surface area contributed by atoms with Crippen molar-refractivity contribution in [1.82, 2.24) is 21.3 Å². The third-order valence-electron chi connectivity index (χ3n) is 10.5. The van der Waals surface area contributed by atoms with Crippen LogP contribution in [0.2, 0.25) is 0 Å². The van der Waals surface area contributed by atoms with E-state index in [1.807, 2.05) is 13.8 Å². The summed E-state index contributed by atoms with van der Waals surface area (Å²) in [4.78, 5) is 81.6. The van der Waals surface area contributed by atoms with Crippen molar-refractivity contribution in [2.75, 3.05) is 65.2 Å². The van der Waals surface area contributed by atoms with Gasteiger partial charge in [0.1, 0.15) is 32.5 Å². The largest absolute Gasteiger partial charge is 0.469 e. The number of esters is 3. The predicted molar refractivity (Wildman–Crippen MR) is 238 cm³/mol. The molecule has 6 atom stereocenters. The Hall–Kier alpha value is -4.68. The molecule has 2 aliphatic carbocycles. The average molecular weight is 915 g/mol. The maximum atomic E-state index is 12.5. The third-order valence-corrected chi connectivity index (χ3v) is 11.8. The smallest absolute Gasteiger partial charge is 0.407 e. The van der Waals surface area contributed by atoms with Gasteiger partial charge in [-0.2, -0.15) is 11.8 Å². The number of thioether (sulfide) groups is 1. The van der Waals surface area contributed by atoms with Gasteiger partial charge in [0, 0.05) is 48.8 Å². The van der Waals surface area contributed by atoms with Gasteiger partial charge < -0.3 is 54.4 Å². The van der Waals surface area contributed by atoms with Gasteiger partial charge in [0.25, 0.3) is 0 Å². The molecule has 6 unspecified atom stereocenters. The van der Waals surface area contributed by atoms with Crippen LogP contribution in [0.15, 0.2) is 25.3 Å². The van der Waals surface area contributed by atoms with Gasteiger partial charge in [-0.25, -0.2) is 28.8 Å². The zero-order valence-electron chi connectivity index (χ0n) is 39.1. The van der Waals surface area contributed by atoms with Crippen LogP contribution in [-0.2, 0) is 47.5 Å². The van der Waals surface area contributed by atoms with Crippen LogP contribution in [-0.4, -0.2) is 126 Å². The van der Waals surface area contributed by atoms with E-state index in [2.05, 4.69) is 80.7 Å². The minimum absolute atomic E-state index is 0.00222. The molecule has 4 amide bonds. The first-order valence-electron chi connectivity index (χ1n) is 21.3.